The van der Waals surface area contributed by atoms with E-state index in [2.05, 4.69) is 0 Å². The third-order valence-electron chi connectivity index (χ3n) is 6.76. The number of primary amides is 1. The molecule has 2 rings (SSSR count). The number of aliphatic hydroxyl groups is 1. The van der Waals surface area contributed by atoms with Crippen LogP contribution in [0.3, 0.4) is 0 Å². The second-order valence-electron chi connectivity index (χ2n) is 10.7. The van der Waals surface area contributed by atoms with Gasteiger partial charge < -0.3 is 31.1 Å². The zero-order valence-electron chi connectivity index (χ0n) is 24.6. The van der Waals surface area contributed by atoms with Gasteiger partial charge in [-0.2, -0.15) is 0 Å². The minimum Gasteiger partial charge on any atom is -0.497 e. The number of nitrogens with two attached hydrogens (primary N) is 2. The van der Waals surface area contributed by atoms with Crippen LogP contribution in [0.4, 0.5) is 0 Å². The molecule has 0 spiro atoms. The van der Waals surface area contributed by atoms with Gasteiger partial charge in [0.1, 0.15) is 5.75 Å². The molecule has 0 fully saturated rings. The SMILES string of the molecule is CCCN(CCC)C(=O)c1cc(C(N)=O)cc(C(=O)N(CCC(C)C)C[C@@H](O)[C@@H](N)Cc2cccc(OC)c2)c1. The van der Waals surface area contributed by atoms with Crippen LogP contribution in [0.1, 0.15) is 83.6 Å². The molecule has 9 heteroatoms. The predicted octanol–water partition coefficient (Wildman–Crippen LogP) is 3.48. The van der Waals surface area contributed by atoms with Gasteiger partial charge in [-0.1, -0.05) is 39.8 Å². The zero-order chi connectivity index (χ0) is 29.8. The summed E-state index contributed by atoms with van der Waals surface area (Å²) in [4.78, 5) is 42.5. The minimum absolute atomic E-state index is 0.00143. The van der Waals surface area contributed by atoms with Gasteiger partial charge in [-0.15, -0.1) is 0 Å². The lowest BCUT2D eigenvalue weighted by atomic mass is 10.00. The fourth-order valence-corrected chi connectivity index (χ4v) is 4.50. The van der Waals surface area contributed by atoms with Crippen LogP contribution in [-0.4, -0.2) is 78.1 Å². The molecule has 2 aromatic carbocycles. The molecule has 0 aliphatic rings. The molecule has 0 heterocycles. The van der Waals surface area contributed by atoms with Crippen molar-refractivity contribution in [3.05, 3.63) is 64.7 Å². The van der Waals surface area contributed by atoms with Gasteiger partial charge in [-0.05, 0) is 67.5 Å². The molecule has 40 heavy (non-hydrogen) atoms. The fraction of sp³-hybridized carbons (Fsp3) is 0.516. The third kappa shape index (κ3) is 9.64. The summed E-state index contributed by atoms with van der Waals surface area (Å²) in [5.41, 5.74) is 13.3. The maximum absolute atomic E-state index is 13.8. The van der Waals surface area contributed by atoms with Gasteiger partial charge >= 0.3 is 0 Å². The predicted molar refractivity (Wildman–Crippen MR) is 157 cm³/mol. The van der Waals surface area contributed by atoms with Crippen molar-refractivity contribution in [1.82, 2.24) is 9.80 Å². The van der Waals surface area contributed by atoms with Crippen LogP contribution in [0.15, 0.2) is 42.5 Å². The molecule has 0 aromatic heterocycles. The van der Waals surface area contributed by atoms with E-state index in [0.717, 1.165) is 18.4 Å². The summed E-state index contributed by atoms with van der Waals surface area (Å²) in [7, 11) is 1.59. The van der Waals surface area contributed by atoms with Gasteiger partial charge in [0, 0.05) is 48.9 Å². The first kappa shape index (κ1) is 32.8. The van der Waals surface area contributed by atoms with Gasteiger partial charge in [-0.25, -0.2) is 0 Å². The number of benzene rings is 2. The zero-order valence-corrected chi connectivity index (χ0v) is 24.6. The number of carbonyl (C=O) groups excluding carboxylic acids is 3. The molecule has 0 aliphatic heterocycles. The van der Waals surface area contributed by atoms with E-state index >= 15 is 0 Å². The Bertz CT molecular complexity index is 1130. The summed E-state index contributed by atoms with van der Waals surface area (Å²) in [6.07, 6.45) is 1.65. The largest absolute Gasteiger partial charge is 0.497 e. The normalized spacial score (nSPS) is 12.6. The first-order valence-corrected chi connectivity index (χ1v) is 14.1. The summed E-state index contributed by atoms with van der Waals surface area (Å²) in [6.45, 7) is 9.58. The Labute approximate surface area is 238 Å². The molecule has 9 nitrogen and oxygen atoms in total. The highest BCUT2D eigenvalue weighted by atomic mass is 16.5. The molecule has 0 radical (unpaired) electrons. The Morgan fingerprint density at radius 3 is 2.00 bits per heavy atom. The molecule has 3 amide bonds. The Morgan fingerprint density at radius 1 is 0.900 bits per heavy atom. The fourth-order valence-electron chi connectivity index (χ4n) is 4.50. The number of amides is 3. The number of rotatable bonds is 16. The number of ether oxygens (including phenoxy) is 1. The van der Waals surface area contributed by atoms with Crippen LogP contribution in [0.25, 0.3) is 0 Å². The van der Waals surface area contributed by atoms with Crippen molar-refractivity contribution in [3.63, 3.8) is 0 Å². The van der Waals surface area contributed by atoms with Gasteiger partial charge in [0.05, 0.1) is 13.2 Å². The summed E-state index contributed by atoms with van der Waals surface area (Å²) >= 11 is 0. The highest BCUT2D eigenvalue weighted by molar-refractivity contribution is 6.04. The standard InChI is InChI=1S/C31H46N4O5/c1-6-12-34(13-7-2)30(38)24-17-23(29(33)37)18-25(19-24)31(39)35(14-11-21(3)4)20-28(36)27(32)16-22-9-8-10-26(15-22)40-5/h8-10,15,17-19,21,27-28,36H,6-7,11-14,16,20,32H2,1-5H3,(H2,33,37)/t27-,28+/m0/s1. The Morgan fingerprint density at radius 2 is 1.48 bits per heavy atom. The Hall–Kier alpha value is -3.43. The lowest BCUT2D eigenvalue weighted by Gasteiger charge is -2.29. The summed E-state index contributed by atoms with van der Waals surface area (Å²) < 4.78 is 5.27. The van der Waals surface area contributed by atoms with E-state index in [0.29, 0.717) is 44.1 Å². The van der Waals surface area contributed by atoms with E-state index < -0.39 is 24.0 Å². The molecule has 220 valence electrons. The number of hydrogen-bond donors (Lipinski definition) is 3. The molecule has 0 unspecified atom stereocenters. The van der Waals surface area contributed by atoms with E-state index in [1.54, 1.807) is 16.9 Å². The van der Waals surface area contributed by atoms with E-state index in [-0.39, 0.29) is 29.1 Å². The maximum Gasteiger partial charge on any atom is 0.253 e. The Balaban J connectivity index is 2.36. The molecule has 0 aliphatic carbocycles. The van der Waals surface area contributed by atoms with Gasteiger partial charge in [0.25, 0.3) is 11.8 Å². The first-order valence-electron chi connectivity index (χ1n) is 14.1. The second-order valence-corrected chi connectivity index (χ2v) is 10.7. The number of carbonyl (C=O) groups is 3. The van der Waals surface area contributed by atoms with Crippen molar-refractivity contribution in [1.29, 1.82) is 0 Å². The van der Waals surface area contributed by atoms with Crippen LogP contribution >= 0.6 is 0 Å². The average Bonchev–Trinajstić information content (AvgIpc) is 2.93. The van der Waals surface area contributed by atoms with Gasteiger partial charge in [0.2, 0.25) is 5.91 Å². The molecule has 2 atom stereocenters. The van der Waals surface area contributed by atoms with Crippen LogP contribution < -0.4 is 16.2 Å². The summed E-state index contributed by atoms with van der Waals surface area (Å²) in [6, 6.07) is 11.2. The molecule has 5 N–H and O–H groups in total. The van der Waals surface area contributed by atoms with Crippen LogP contribution in [-0.2, 0) is 6.42 Å². The lowest BCUT2D eigenvalue weighted by Crippen LogP contribution is -2.47. The molecule has 0 saturated heterocycles. The van der Waals surface area contributed by atoms with Crippen molar-refractivity contribution in [3.8, 4) is 5.75 Å². The van der Waals surface area contributed by atoms with Gasteiger partial charge in [-0.3, -0.25) is 14.4 Å². The molecule has 0 bridgehead atoms. The molecule has 2 aromatic rings. The number of methoxy groups -OCH3 is 1. The second kappa shape index (κ2) is 16.0. The Kier molecular flexibility index (Phi) is 13.1. The van der Waals surface area contributed by atoms with E-state index in [4.69, 9.17) is 16.2 Å². The highest BCUT2D eigenvalue weighted by Gasteiger charge is 2.26. The third-order valence-corrected chi connectivity index (χ3v) is 6.76. The summed E-state index contributed by atoms with van der Waals surface area (Å²) in [5.74, 6) is -0.374. The molecular weight excluding hydrogens is 508 g/mol. The monoisotopic (exact) mass is 554 g/mol. The van der Waals surface area contributed by atoms with E-state index in [1.807, 2.05) is 52.0 Å². The number of hydrogen-bond acceptors (Lipinski definition) is 6. The van der Waals surface area contributed by atoms with Crippen molar-refractivity contribution >= 4 is 17.7 Å². The van der Waals surface area contributed by atoms with Crippen LogP contribution in [0, 0.1) is 5.92 Å². The van der Waals surface area contributed by atoms with Crippen molar-refractivity contribution in [2.75, 3.05) is 33.3 Å². The summed E-state index contributed by atoms with van der Waals surface area (Å²) in [5, 5.41) is 11.0. The van der Waals surface area contributed by atoms with Crippen molar-refractivity contribution in [2.45, 2.75) is 65.5 Å². The smallest absolute Gasteiger partial charge is 0.253 e. The van der Waals surface area contributed by atoms with Crippen LogP contribution in [0.2, 0.25) is 0 Å². The minimum atomic E-state index is -1.01. The van der Waals surface area contributed by atoms with Crippen molar-refractivity contribution < 1.29 is 24.2 Å². The maximum atomic E-state index is 13.8. The first-order chi connectivity index (χ1) is 19.0. The average molecular weight is 555 g/mol. The lowest BCUT2D eigenvalue weighted by molar-refractivity contribution is 0.0563. The highest BCUT2D eigenvalue weighted by Crippen LogP contribution is 2.18. The topological polar surface area (TPSA) is 139 Å². The van der Waals surface area contributed by atoms with E-state index in [9.17, 15) is 19.5 Å². The number of aliphatic hydroxyl groups excluding tert-OH is 1. The molecule has 0 saturated carbocycles. The quantitative estimate of drug-likeness (QED) is 0.290. The van der Waals surface area contributed by atoms with E-state index in [1.165, 1.54) is 18.2 Å². The number of nitrogens with zero attached hydrogens (tertiary/aromatic N) is 2. The van der Waals surface area contributed by atoms with Gasteiger partial charge in [0.15, 0.2) is 0 Å². The van der Waals surface area contributed by atoms with Crippen molar-refractivity contribution in [2.24, 2.45) is 17.4 Å². The molecular formula is C31H46N4O5. The van der Waals surface area contributed by atoms with Crippen LogP contribution in [0.5, 0.6) is 5.75 Å².